The lowest BCUT2D eigenvalue weighted by Gasteiger charge is -2.22. The number of aliphatic hydroxyl groups excluding tert-OH is 2. The molecule has 0 aliphatic heterocycles. The van der Waals surface area contributed by atoms with Crippen LogP contribution in [0.3, 0.4) is 0 Å². The molecule has 2 aromatic carbocycles. The van der Waals surface area contributed by atoms with Crippen molar-refractivity contribution < 1.29 is 28.3 Å². The van der Waals surface area contributed by atoms with Crippen LogP contribution in [0.25, 0.3) is 0 Å². The minimum absolute atomic E-state index is 0.121. The summed E-state index contributed by atoms with van der Waals surface area (Å²) < 4.78 is 26.2. The van der Waals surface area contributed by atoms with Crippen LogP contribution in [-0.2, 0) is 10.0 Å². The van der Waals surface area contributed by atoms with E-state index in [1.54, 1.807) is 23.8 Å². The Morgan fingerprint density at radius 3 is 2.21 bits per heavy atom. The van der Waals surface area contributed by atoms with E-state index in [1.807, 2.05) is 0 Å². The van der Waals surface area contributed by atoms with Crippen LogP contribution in [0.5, 0.6) is 0 Å². The molecular weight excluding hydrogens is 390 g/mol. The summed E-state index contributed by atoms with van der Waals surface area (Å²) in [5, 5.41) is 32.6. The van der Waals surface area contributed by atoms with E-state index >= 15 is 0 Å². The van der Waals surface area contributed by atoms with Crippen LogP contribution in [0.4, 0.5) is 10.5 Å². The van der Waals surface area contributed by atoms with Gasteiger partial charge in [-0.15, -0.1) is 0 Å². The lowest BCUT2D eigenvalue weighted by atomic mass is 10.0. The maximum Gasteiger partial charge on any atom is 0.329 e. The zero-order valence-electron chi connectivity index (χ0n) is 14.8. The predicted octanol–water partition coefficient (Wildman–Crippen LogP) is 0.986. The Morgan fingerprint density at radius 1 is 1.14 bits per heavy atom. The van der Waals surface area contributed by atoms with Crippen molar-refractivity contribution in [3.05, 3.63) is 69.8 Å². The van der Waals surface area contributed by atoms with Gasteiger partial charge >= 0.3 is 6.03 Å². The number of aryl methyl sites for hydroxylation is 1. The molecule has 11 heteroatoms. The number of carbonyl (C=O) groups is 1. The monoisotopic (exact) mass is 409 g/mol. The summed E-state index contributed by atoms with van der Waals surface area (Å²) in [6.45, 7) is 1.08. The smallest absolute Gasteiger partial charge is 0.329 e. The second kappa shape index (κ2) is 8.78. The van der Waals surface area contributed by atoms with Crippen LogP contribution in [0.1, 0.15) is 17.2 Å². The Hall–Kier alpha value is -3.02. The predicted molar refractivity (Wildman–Crippen MR) is 99.0 cm³/mol. The van der Waals surface area contributed by atoms with Crippen LogP contribution in [0.2, 0.25) is 0 Å². The van der Waals surface area contributed by atoms with Gasteiger partial charge in [0.2, 0.25) is 0 Å². The summed E-state index contributed by atoms with van der Waals surface area (Å²) in [5.41, 5.74) is 0.854. The number of nitrogens with zero attached hydrogens (tertiary/aromatic N) is 1. The zero-order chi connectivity index (χ0) is 20.9. The van der Waals surface area contributed by atoms with Gasteiger partial charge in [-0.2, -0.15) is 0 Å². The summed E-state index contributed by atoms with van der Waals surface area (Å²) in [6.07, 6.45) is -1.42. The summed E-state index contributed by atoms with van der Waals surface area (Å²) in [6, 6.07) is 8.30. The Bertz CT molecular complexity index is 944. The average molecular weight is 409 g/mol. The first-order chi connectivity index (χ1) is 13.1. The highest BCUT2D eigenvalue weighted by molar-refractivity contribution is 7.90. The molecule has 0 spiro atoms. The van der Waals surface area contributed by atoms with Crippen molar-refractivity contribution in [3.8, 4) is 0 Å². The zero-order valence-corrected chi connectivity index (χ0v) is 15.6. The Morgan fingerprint density at radius 2 is 1.71 bits per heavy atom. The topological polar surface area (TPSA) is 159 Å². The van der Waals surface area contributed by atoms with Gasteiger partial charge in [0.1, 0.15) is 6.10 Å². The highest BCUT2D eigenvalue weighted by Gasteiger charge is 2.25. The van der Waals surface area contributed by atoms with E-state index in [9.17, 15) is 33.5 Å². The van der Waals surface area contributed by atoms with Crippen LogP contribution in [-0.4, -0.2) is 42.2 Å². The van der Waals surface area contributed by atoms with Crippen molar-refractivity contribution in [2.75, 3.05) is 6.61 Å². The fourth-order valence-corrected chi connectivity index (χ4v) is 3.26. The molecular formula is C17H19N3O7S. The van der Waals surface area contributed by atoms with E-state index in [4.69, 9.17) is 0 Å². The van der Waals surface area contributed by atoms with Crippen molar-refractivity contribution in [1.29, 1.82) is 0 Å². The standard InChI is InChI=1S/C17H19N3O7S/c1-11-2-8-14(9-3-11)28(26,27)19-17(23)18-15(10-21)16(22)12-4-6-13(7-5-12)20(24)25/h2-9,15-16,21-22H,10H2,1H3,(H2,18,19,23)/t15-,16-/m1/s1. The van der Waals surface area contributed by atoms with Gasteiger partial charge in [-0.3, -0.25) is 10.1 Å². The van der Waals surface area contributed by atoms with E-state index in [-0.39, 0.29) is 16.1 Å². The van der Waals surface area contributed by atoms with Crippen LogP contribution in [0, 0.1) is 17.0 Å². The molecule has 0 aromatic heterocycles. The molecule has 0 saturated heterocycles. The lowest BCUT2D eigenvalue weighted by molar-refractivity contribution is -0.384. The lowest BCUT2D eigenvalue weighted by Crippen LogP contribution is -2.48. The molecule has 2 amide bonds. The van der Waals surface area contributed by atoms with Crippen molar-refractivity contribution in [3.63, 3.8) is 0 Å². The molecule has 10 nitrogen and oxygen atoms in total. The van der Waals surface area contributed by atoms with Crippen molar-refractivity contribution in [2.45, 2.75) is 24.0 Å². The third-order valence-electron chi connectivity index (χ3n) is 3.90. The number of rotatable bonds is 7. The average Bonchev–Trinajstić information content (AvgIpc) is 2.65. The third-order valence-corrected chi connectivity index (χ3v) is 5.24. The SMILES string of the molecule is Cc1ccc(S(=O)(=O)NC(=O)N[C@H](CO)[C@H](O)c2ccc([N+](=O)[O-])cc2)cc1. The van der Waals surface area contributed by atoms with Gasteiger partial charge in [0, 0.05) is 12.1 Å². The molecule has 0 aliphatic carbocycles. The van der Waals surface area contributed by atoms with Gasteiger partial charge in [0.05, 0.1) is 22.5 Å². The fourth-order valence-electron chi connectivity index (χ4n) is 2.35. The quantitative estimate of drug-likeness (QED) is 0.392. The third kappa shape index (κ3) is 5.25. The molecule has 0 aliphatic rings. The molecule has 0 saturated carbocycles. The van der Waals surface area contributed by atoms with E-state index in [0.29, 0.717) is 0 Å². The van der Waals surface area contributed by atoms with Crippen LogP contribution < -0.4 is 10.0 Å². The largest absolute Gasteiger partial charge is 0.394 e. The van der Waals surface area contributed by atoms with Crippen LogP contribution in [0.15, 0.2) is 53.4 Å². The van der Waals surface area contributed by atoms with Crippen molar-refractivity contribution in [1.82, 2.24) is 10.0 Å². The molecule has 2 aromatic rings. The maximum atomic E-state index is 12.2. The second-order valence-corrected chi connectivity index (χ2v) is 7.66. The Kier molecular flexibility index (Phi) is 6.67. The van der Waals surface area contributed by atoms with Gasteiger partial charge in [-0.05, 0) is 36.8 Å². The van der Waals surface area contributed by atoms with Gasteiger partial charge in [0.25, 0.3) is 15.7 Å². The van der Waals surface area contributed by atoms with E-state index < -0.39 is 39.7 Å². The molecule has 28 heavy (non-hydrogen) atoms. The number of aliphatic hydroxyl groups is 2. The Balaban J connectivity index is 2.07. The number of sulfonamides is 1. The molecule has 0 bridgehead atoms. The second-order valence-electron chi connectivity index (χ2n) is 5.97. The number of nitrogens with one attached hydrogen (secondary N) is 2. The van der Waals surface area contributed by atoms with Crippen molar-refractivity contribution >= 4 is 21.7 Å². The highest BCUT2D eigenvalue weighted by Crippen LogP contribution is 2.20. The van der Waals surface area contributed by atoms with E-state index in [0.717, 1.165) is 17.7 Å². The van der Waals surface area contributed by atoms with Crippen LogP contribution >= 0.6 is 0 Å². The minimum atomic E-state index is -4.14. The summed E-state index contributed by atoms with van der Waals surface area (Å²) in [7, 11) is -4.14. The molecule has 2 atom stereocenters. The molecule has 150 valence electrons. The first kappa shape index (κ1) is 21.3. The molecule has 4 N–H and O–H groups in total. The van der Waals surface area contributed by atoms with E-state index in [1.165, 1.54) is 24.3 Å². The molecule has 0 fully saturated rings. The minimum Gasteiger partial charge on any atom is -0.394 e. The number of carbonyl (C=O) groups excluding carboxylic acids is 1. The summed E-state index contributed by atoms with van der Waals surface area (Å²) in [4.78, 5) is 22.0. The summed E-state index contributed by atoms with van der Waals surface area (Å²) in [5.74, 6) is 0. The van der Waals surface area contributed by atoms with E-state index in [2.05, 4.69) is 5.32 Å². The molecule has 2 rings (SSSR count). The van der Waals surface area contributed by atoms with Crippen molar-refractivity contribution in [2.24, 2.45) is 0 Å². The number of hydrogen-bond acceptors (Lipinski definition) is 7. The highest BCUT2D eigenvalue weighted by atomic mass is 32.2. The number of urea groups is 1. The number of amides is 2. The normalized spacial score (nSPS) is 13.4. The molecule has 0 radical (unpaired) electrons. The number of nitro benzene ring substituents is 1. The maximum absolute atomic E-state index is 12.2. The molecule has 0 heterocycles. The number of benzene rings is 2. The first-order valence-electron chi connectivity index (χ1n) is 8.07. The number of nitro groups is 1. The van der Waals surface area contributed by atoms with Gasteiger partial charge < -0.3 is 15.5 Å². The Labute approximate surface area is 161 Å². The molecule has 0 unspecified atom stereocenters. The first-order valence-corrected chi connectivity index (χ1v) is 9.55. The van der Waals surface area contributed by atoms with Gasteiger partial charge in [-0.25, -0.2) is 17.9 Å². The fraction of sp³-hybridized carbons (Fsp3) is 0.235. The number of hydrogen-bond donors (Lipinski definition) is 4. The summed E-state index contributed by atoms with van der Waals surface area (Å²) >= 11 is 0. The van der Waals surface area contributed by atoms with Gasteiger partial charge in [-0.1, -0.05) is 17.7 Å². The number of non-ortho nitro benzene ring substituents is 1. The van der Waals surface area contributed by atoms with Gasteiger partial charge in [0.15, 0.2) is 0 Å².